The van der Waals surface area contributed by atoms with Crippen molar-refractivity contribution in [3.63, 3.8) is 0 Å². The summed E-state index contributed by atoms with van der Waals surface area (Å²) in [5, 5.41) is 0.490. The van der Waals surface area contributed by atoms with Gasteiger partial charge in [-0.2, -0.15) is 0 Å². The van der Waals surface area contributed by atoms with Crippen LogP contribution in [0.25, 0.3) is 0 Å². The van der Waals surface area contributed by atoms with E-state index in [1.807, 2.05) is 25.1 Å². The lowest BCUT2D eigenvalue weighted by molar-refractivity contribution is 0.246. The van der Waals surface area contributed by atoms with Crippen molar-refractivity contribution in [1.29, 1.82) is 0 Å². The van der Waals surface area contributed by atoms with Crippen molar-refractivity contribution in [3.8, 4) is 0 Å². The van der Waals surface area contributed by atoms with Crippen LogP contribution in [0.1, 0.15) is 5.56 Å². The molecule has 0 N–H and O–H groups in total. The first-order chi connectivity index (χ1) is 11.5. The molecule has 2 heterocycles. The quantitative estimate of drug-likeness (QED) is 0.848. The van der Waals surface area contributed by atoms with Crippen molar-refractivity contribution < 1.29 is 4.39 Å². The zero-order chi connectivity index (χ0) is 17.1. The SMILES string of the molecule is CN(C)c1cc(N2CCN(Cc3c(F)cccc3Cl)CC2)ncn1. The third kappa shape index (κ3) is 3.76. The van der Waals surface area contributed by atoms with Crippen LogP contribution >= 0.6 is 11.6 Å². The Balaban J connectivity index is 1.63. The summed E-state index contributed by atoms with van der Waals surface area (Å²) in [7, 11) is 3.92. The molecular formula is C17H21ClFN5. The van der Waals surface area contributed by atoms with Crippen LogP contribution in [-0.4, -0.2) is 55.1 Å². The zero-order valence-electron chi connectivity index (χ0n) is 13.9. The Morgan fingerprint density at radius 1 is 1.17 bits per heavy atom. The Labute approximate surface area is 146 Å². The maximum atomic E-state index is 13.9. The van der Waals surface area contributed by atoms with E-state index in [0.717, 1.165) is 37.8 Å². The Bertz CT molecular complexity index is 681. The number of nitrogens with zero attached hydrogens (tertiary/aromatic N) is 5. The molecule has 0 bridgehead atoms. The Morgan fingerprint density at radius 3 is 2.58 bits per heavy atom. The second-order valence-electron chi connectivity index (χ2n) is 6.09. The van der Waals surface area contributed by atoms with E-state index in [4.69, 9.17) is 11.6 Å². The average Bonchev–Trinajstić information content (AvgIpc) is 2.59. The first-order valence-electron chi connectivity index (χ1n) is 7.94. The minimum absolute atomic E-state index is 0.239. The minimum atomic E-state index is -0.239. The molecule has 1 aliphatic heterocycles. The normalized spacial score (nSPS) is 15.6. The molecule has 0 amide bonds. The number of anilines is 2. The molecule has 0 saturated carbocycles. The zero-order valence-corrected chi connectivity index (χ0v) is 14.7. The van der Waals surface area contributed by atoms with Crippen molar-refractivity contribution in [1.82, 2.24) is 14.9 Å². The maximum Gasteiger partial charge on any atom is 0.134 e. The van der Waals surface area contributed by atoms with Gasteiger partial charge in [-0.25, -0.2) is 14.4 Å². The molecule has 1 aromatic carbocycles. The number of halogens is 2. The minimum Gasteiger partial charge on any atom is -0.363 e. The fourth-order valence-electron chi connectivity index (χ4n) is 2.80. The van der Waals surface area contributed by atoms with Gasteiger partial charge in [0.1, 0.15) is 23.8 Å². The number of aromatic nitrogens is 2. The van der Waals surface area contributed by atoms with Crippen molar-refractivity contribution in [3.05, 3.63) is 47.0 Å². The Kier molecular flexibility index (Phi) is 5.16. The molecule has 3 rings (SSSR count). The van der Waals surface area contributed by atoms with Gasteiger partial charge in [-0.1, -0.05) is 17.7 Å². The highest BCUT2D eigenvalue weighted by Gasteiger charge is 2.20. The molecule has 0 spiro atoms. The van der Waals surface area contributed by atoms with Gasteiger partial charge < -0.3 is 9.80 Å². The standard InChI is InChI=1S/C17H21ClFN5/c1-22(2)16-10-17(21-12-20-16)24-8-6-23(7-9-24)11-13-14(18)4-3-5-15(13)19/h3-5,10,12H,6-9,11H2,1-2H3. The smallest absolute Gasteiger partial charge is 0.134 e. The number of benzene rings is 1. The molecule has 0 unspecified atom stereocenters. The number of rotatable bonds is 4. The monoisotopic (exact) mass is 349 g/mol. The molecular weight excluding hydrogens is 329 g/mol. The van der Waals surface area contributed by atoms with Crippen molar-refractivity contribution in [2.75, 3.05) is 50.1 Å². The van der Waals surface area contributed by atoms with Gasteiger partial charge in [0, 0.05) is 63.5 Å². The molecule has 7 heteroatoms. The first-order valence-corrected chi connectivity index (χ1v) is 8.32. The molecule has 1 saturated heterocycles. The summed E-state index contributed by atoms with van der Waals surface area (Å²) < 4.78 is 13.9. The van der Waals surface area contributed by atoms with Crippen LogP contribution < -0.4 is 9.80 Å². The molecule has 2 aromatic rings. The lowest BCUT2D eigenvalue weighted by Crippen LogP contribution is -2.46. The summed E-state index contributed by atoms with van der Waals surface area (Å²) in [4.78, 5) is 15.0. The average molecular weight is 350 g/mol. The Morgan fingerprint density at radius 2 is 1.92 bits per heavy atom. The molecule has 128 valence electrons. The molecule has 1 fully saturated rings. The molecule has 0 radical (unpaired) electrons. The summed E-state index contributed by atoms with van der Waals surface area (Å²) in [6.07, 6.45) is 1.59. The van der Waals surface area contributed by atoms with Crippen LogP contribution in [-0.2, 0) is 6.54 Å². The van der Waals surface area contributed by atoms with E-state index in [2.05, 4.69) is 19.8 Å². The van der Waals surface area contributed by atoms with E-state index in [0.29, 0.717) is 17.1 Å². The molecule has 1 aromatic heterocycles. The third-order valence-electron chi connectivity index (χ3n) is 4.24. The summed E-state index contributed by atoms with van der Waals surface area (Å²) in [5.74, 6) is 1.58. The second-order valence-corrected chi connectivity index (χ2v) is 6.50. The van der Waals surface area contributed by atoms with E-state index < -0.39 is 0 Å². The highest BCUT2D eigenvalue weighted by atomic mass is 35.5. The molecule has 1 aliphatic rings. The van der Waals surface area contributed by atoms with Crippen molar-refractivity contribution in [2.24, 2.45) is 0 Å². The van der Waals surface area contributed by atoms with Crippen molar-refractivity contribution in [2.45, 2.75) is 6.54 Å². The number of hydrogen-bond acceptors (Lipinski definition) is 5. The fourth-order valence-corrected chi connectivity index (χ4v) is 3.02. The van der Waals surface area contributed by atoms with E-state index in [1.165, 1.54) is 6.07 Å². The van der Waals surface area contributed by atoms with E-state index in [-0.39, 0.29) is 5.82 Å². The molecule has 24 heavy (non-hydrogen) atoms. The largest absolute Gasteiger partial charge is 0.363 e. The first kappa shape index (κ1) is 16.9. The summed E-state index contributed by atoms with van der Waals surface area (Å²) in [6.45, 7) is 3.90. The van der Waals surface area contributed by atoms with Gasteiger partial charge in [-0.3, -0.25) is 4.90 Å². The number of piperazine rings is 1. The van der Waals surface area contributed by atoms with Crippen LogP contribution in [0.15, 0.2) is 30.6 Å². The highest BCUT2D eigenvalue weighted by Crippen LogP contribution is 2.22. The maximum absolute atomic E-state index is 13.9. The van der Waals surface area contributed by atoms with Crippen LogP contribution in [0.3, 0.4) is 0 Å². The topological polar surface area (TPSA) is 35.5 Å². The molecule has 0 aliphatic carbocycles. The fraction of sp³-hybridized carbons (Fsp3) is 0.412. The van der Waals surface area contributed by atoms with Gasteiger partial charge in [0.2, 0.25) is 0 Å². The summed E-state index contributed by atoms with van der Waals surface area (Å²) >= 11 is 6.12. The third-order valence-corrected chi connectivity index (χ3v) is 4.59. The van der Waals surface area contributed by atoms with E-state index in [1.54, 1.807) is 18.5 Å². The second kappa shape index (κ2) is 7.32. The Hall–Kier alpha value is -1.92. The van der Waals surface area contributed by atoms with Crippen LogP contribution in [0.5, 0.6) is 0 Å². The van der Waals surface area contributed by atoms with E-state index in [9.17, 15) is 4.39 Å². The lowest BCUT2D eigenvalue weighted by atomic mass is 10.2. The molecule has 0 atom stereocenters. The van der Waals surface area contributed by atoms with Crippen LogP contribution in [0.2, 0.25) is 5.02 Å². The summed E-state index contributed by atoms with van der Waals surface area (Å²) in [5.41, 5.74) is 0.574. The van der Waals surface area contributed by atoms with Crippen molar-refractivity contribution >= 4 is 23.2 Å². The highest BCUT2D eigenvalue weighted by molar-refractivity contribution is 6.31. The summed E-state index contributed by atoms with van der Waals surface area (Å²) in [6, 6.07) is 6.82. The lowest BCUT2D eigenvalue weighted by Gasteiger charge is -2.35. The van der Waals surface area contributed by atoms with Gasteiger partial charge in [0.05, 0.1) is 0 Å². The number of hydrogen-bond donors (Lipinski definition) is 0. The van der Waals surface area contributed by atoms with Crippen LogP contribution in [0, 0.1) is 5.82 Å². The van der Waals surface area contributed by atoms with Crippen LogP contribution in [0.4, 0.5) is 16.0 Å². The molecule has 5 nitrogen and oxygen atoms in total. The predicted octanol–water partition coefficient (Wildman–Crippen LogP) is 2.66. The van der Waals surface area contributed by atoms with Gasteiger partial charge >= 0.3 is 0 Å². The van der Waals surface area contributed by atoms with Gasteiger partial charge in [-0.05, 0) is 12.1 Å². The van der Waals surface area contributed by atoms with Gasteiger partial charge in [-0.15, -0.1) is 0 Å². The van der Waals surface area contributed by atoms with Gasteiger partial charge in [0.25, 0.3) is 0 Å². The van der Waals surface area contributed by atoms with Gasteiger partial charge in [0.15, 0.2) is 0 Å². The predicted molar refractivity (Wildman–Crippen MR) is 95.3 cm³/mol. The van der Waals surface area contributed by atoms with E-state index >= 15 is 0 Å².